The molecule has 18 heavy (non-hydrogen) atoms. The highest BCUT2D eigenvalue weighted by Gasteiger charge is 2.07. The summed E-state index contributed by atoms with van der Waals surface area (Å²) in [6.45, 7) is 1.87. The van der Waals surface area contributed by atoms with Crippen molar-refractivity contribution in [1.29, 1.82) is 0 Å². The molecule has 1 aromatic carbocycles. The minimum atomic E-state index is -0.121. The second kappa shape index (κ2) is 5.69. The molecule has 0 spiro atoms. The van der Waals surface area contributed by atoms with Gasteiger partial charge in [-0.3, -0.25) is 4.79 Å². The van der Waals surface area contributed by atoms with E-state index in [0.29, 0.717) is 0 Å². The molecule has 1 heterocycles. The lowest BCUT2D eigenvalue weighted by Gasteiger charge is -2.09. The third-order valence-corrected chi connectivity index (χ3v) is 2.92. The van der Waals surface area contributed by atoms with Crippen LogP contribution in [-0.4, -0.2) is 16.0 Å². The SMILES string of the molecule is CS/C=C(/c1ccccc1)n1nc(C)ccc1=O. The molecule has 0 atom stereocenters. The Kier molecular flexibility index (Phi) is 3.99. The lowest BCUT2D eigenvalue weighted by Crippen LogP contribution is -2.22. The molecule has 0 fully saturated rings. The molecule has 2 rings (SSSR count). The van der Waals surface area contributed by atoms with Crippen LogP contribution in [0, 0.1) is 6.92 Å². The van der Waals surface area contributed by atoms with E-state index in [0.717, 1.165) is 17.0 Å². The Morgan fingerprint density at radius 2 is 1.94 bits per heavy atom. The van der Waals surface area contributed by atoms with Crippen molar-refractivity contribution < 1.29 is 0 Å². The molecule has 0 aliphatic heterocycles. The summed E-state index contributed by atoms with van der Waals surface area (Å²) in [5, 5.41) is 6.22. The Morgan fingerprint density at radius 3 is 2.61 bits per heavy atom. The van der Waals surface area contributed by atoms with Crippen molar-refractivity contribution in [2.75, 3.05) is 6.26 Å². The van der Waals surface area contributed by atoms with Gasteiger partial charge < -0.3 is 0 Å². The summed E-state index contributed by atoms with van der Waals surface area (Å²) in [5.74, 6) is 0. The minimum Gasteiger partial charge on any atom is -0.267 e. The van der Waals surface area contributed by atoms with E-state index in [1.54, 1.807) is 23.9 Å². The summed E-state index contributed by atoms with van der Waals surface area (Å²) in [7, 11) is 0. The monoisotopic (exact) mass is 258 g/mol. The number of hydrogen-bond donors (Lipinski definition) is 0. The van der Waals surface area contributed by atoms with Crippen molar-refractivity contribution in [1.82, 2.24) is 9.78 Å². The zero-order valence-electron chi connectivity index (χ0n) is 10.3. The third-order valence-electron chi connectivity index (χ3n) is 2.46. The molecule has 0 unspecified atom stereocenters. The van der Waals surface area contributed by atoms with Crippen LogP contribution in [0.3, 0.4) is 0 Å². The highest BCUT2D eigenvalue weighted by Crippen LogP contribution is 2.17. The molecule has 0 N–H and O–H groups in total. The number of rotatable bonds is 3. The molecule has 0 radical (unpaired) electrons. The highest BCUT2D eigenvalue weighted by atomic mass is 32.2. The van der Waals surface area contributed by atoms with Crippen molar-refractivity contribution in [2.24, 2.45) is 0 Å². The van der Waals surface area contributed by atoms with Gasteiger partial charge in [0.05, 0.1) is 11.4 Å². The summed E-state index contributed by atoms with van der Waals surface area (Å²) in [6.07, 6.45) is 1.96. The number of hydrogen-bond acceptors (Lipinski definition) is 3. The van der Waals surface area contributed by atoms with Crippen LogP contribution in [0.15, 0.2) is 52.7 Å². The highest BCUT2D eigenvalue weighted by molar-refractivity contribution is 8.01. The molecular weight excluding hydrogens is 244 g/mol. The Bertz CT molecular complexity index is 617. The summed E-state index contributed by atoms with van der Waals surface area (Å²) in [5.41, 5.74) is 2.48. The van der Waals surface area contributed by atoms with Crippen molar-refractivity contribution in [3.05, 3.63) is 69.5 Å². The van der Waals surface area contributed by atoms with Gasteiger partial charge in [0.1, 0.15) is 0 Å². The van der Waals surface area contributed by atoms with Crippen LogP contribution >= 0.6 is 11.8 Å². The molecule has 0 saturated heterocycles. The quantitative estimate of drug-likeness (QED) is 0.849. The van der Waals surface area contributed by atoms with Crippen molar-refractivity contribution in [3.63, 3.8) is 0 Å². The first kappa shape index (κ1) is 12.6. The maximum absolute atomic E-state index is 11.9. The van der Waals surface area contributed by atoms with E-state index in [2.05, 4.69) is 5.10 Å². The van der Waals surface area contributed by atoms with Gasteiger partial charge in [-0.15, -0.1) is 11.8 Å². The number of benzene rings is 1. The van der Waals surface area contributed by atoms with Crippen LogP contribution in [0.25, 0.3) is 5.70 Å². The van der Waals surface area contributed by atoms with Crippen LogP contribution in [0.5, 0.6) is 0 Å². The first-order valence-corrected chi connectivity index (χ1v) is 6.87. The second-order valence-corrected chi connectivity index (χ2v) is 4.54. The van der Waals surface area contributed by atoms with Gasteiger partial charge in [0.25, 0.3) is 5.56 Å². The van der Waals surface area contributed by atoms with Gasteiger partial charge in [-0.25, -0.2) is 0 Å². The molecule has 0 aliphatic rings. The molecule has 92 valence electrons. The number of nitrogens with zero attached hydrogens (tertiary/aromatic N) is 2. The fourth-order valence-electron chi connectivity index (χ4n) is 1.64. The standard InChI is InChI=1S/C14H14N2OS/c1-11-8-9-14(17)16(15-11)13(10-18-2)12-6-4-3-5-7-12/h3-10H,1-2H3/b13-10-. The molecule has 0 amide bonds. The first-order chi connectivity index (χ1) is 8.72. The van der Waals surface area contributed by atoms with Gasteiger partial charge in [-0.1, -0.05) is 30.3 Å². The van der Waals surface area contributed by atoms with Crippen molar-refractivity contribution in [2.45, 2.75) is 6.92 Å². The maximum atomic E-state index is 11.9. The van der Waals surface area contributed by atoms with E-state index >= 15 is 0 Å². The van der Waals surface area contributed by atoms with E-state index in [1.165, 1.54) is 4.68 Å². The molecule has 0 bridgehead atoms. The Balaban J connectivity index is 2.60. The smallest absolute Gasteiger partial charge is 0.267 e. The topological polar surface area (TPSA) is 34.9 Å². The molecule has 0 saturated carbocycles. The molecule has 4 heteroatoms. The lowest BCUT2D eigenvalue weighted by molar-refractivity contribution is 0.805. The fraction of sp³-hybridized carbons (Fsp3) is 0.143. The van der Waals surface area contributed by atoms with Crippen LogP contribution in [0.2, 0.25) is 0 Å². The molecule has 0 aliphatic carbocycles. The maximum Gasteiger partial charge on any atom is 0.271 e. The summed E-state index contributed by atoms with van der Waals surface area (Å²) in [6, 6.07) is 13.1. The summed E-state index contributed by atoms with van der Waals surface area (Å²) < 4.78 is 1.45. The van der Waals surface area contributed by atoms with Gasteiger partial charge in [-0.05, 0) is 24.7 Å². The number of aryl methyl sites for hydroxylation is 1. The average Bonchev–Trinajstić information content (AvgIpc) is 2.40. The van der Waals surface area contributed by atoms with E-state index in [4.69, 9.17) is 0 Å². The fourth-order valence-corrected chi connectivity index (χ4v) is 2.10. The number of aromatic nitrogens is 2. The Labute approximate surface area is 110 Å². The summed E-state index contributed by atoms with van der Waals surface area (Å²) >= 11 is 1.55. The largest absolute Gasteiger partial charge is 0.271 e. The number of thioether (sulfide) groups is 1. The zero-order chi connectivity index (χ0) is 13.0. The van der Waals surface area contributed by atoms with Crippen LogP contribution < -0.4 is 5.56 Å². The zero-order valence-corrected chi connectivity index (χ0v) is 11.1. The normalized spacial score (nSPS) is 11.6. The Hall–Kier alpha value is -1.81. The predicted octanol–water partition coefficient (Wildman–Crippen LogP) is 2.76. The first-order valence-electron chi connectivity index (χ1n) is 5.58. The van der Waals surface area contributed by atoms with E-state index < -0.39 is 0 Å². The van der Waals surface area contributed by atoms with E-state index in [9.17, 15) is 4.79 Å². The van der Waals surface area contributed by atoms with Crippen molar-refractivity contribution in [3.8, 4) is 0 Å². The predicted molar refractivity (Wildman–Crippen MR) is 76.6 cm³/mol. The second-order valence-electron chi connectivity index (χ2n) is 3.83. The summed E-state index contributed by atoms with van der Waals surface area (Å²) in [4.78, 5) is 11.9. The van der Waals surface area contributed by atoms with Crippen molar-refractivity contribution >= 4 is 17.5 Å². The molecule has 3 nitrogen and oxygen atoms in total. The van der Waals surface area contributed by atoms with E-state index in [1.807, 2.05) is 48.9 Å². The molecule has 2 aromatic rings. The molecule has 1 aromatic heterocycles. The van der Waals surface area contributed by atoms with Crippen LogP contribution in [0.1, 0.15) is 11.3 Å². The molecular formula is C14H14N2OS. The average molecular weight is 258 g/mol. The van der Waals surface area contributed by atoms with Gasteiger partial charge >= 0.3 is 0 Å². The third kappa shape index (κ3) is 2.71. The van der Waals surface area contributed by atoms with Gasteiger partial charge in [0, 0.05) is 11.6 Å². The van der Waals surface area contributed by atoms with Crippen LogP contribution in [-0.2, 0) is 0 Å². The van der Waals surface area contributed by atoms with Gasteiger partial charge in [0.2, 0.25) is 0 Å². The minimum absolute atomic E-state index is 0.121. The Morgan fingerprint density at radius 1 is 1.22 bits per heavy atom. The van der Waals surface area contributed by atoms with Gasteiger partial charge in [0.15, 0.2) is 0 Å². The lowest BCUT2D eigenvalue weighted by atomic mass is 10.2. The van der Waals surface area contributed by atoms with Gasteiger partial charge in [-0.2, -0.15) is 9.78 Å². The van der Waals surface area contributed by atoms with E-state index in [-0.39, 0.29) is 5.56 Å². The van der Waals surface area contributed by atoms with Crippen LogP contribution in [0.4, 0.5) is 0 Å².